The molecule has 0 spiro atoms. The van der Waals surface area contributed by atoms with E-state index in [1.165, 1.54) is 6.08 Å². The Labute approximate surface area is 78.5 Å². The van der Waals surface area contributed by atoms with Crippen LogP contribution >= 0.6 is 0 Å². The molecule has 13 heavy (non-hydrogen) atoms. The highest BCUT2D eigenvalue weighted by atomic mass is 32.2. The molecule has 0 bridgehead atoms. The van der Waals surface area contributed by atoms with Crippen molar-refractivity contribution < 1.29 is 16.8 Å². The number of hydrogen-bond donors (Lipinski definition) is 0. The monoisotopic (exact) mass is 224 g/mol. The third-order valence-electron chi connectivity index (χ3n) is 2.05. The first-order valence-corrected chi connectivity index (χ1v) is 7.44. The van der Waals surface area contributed by atoms with Crippen LogP contribution in [0.1, 0.15) is 6.42 Å². The second-order valence-corrected chi connectivity index (χ2v) is 7.70. The van der Waals surface area contributed by atoms with Crippen molar-refractivity contribution in [3.8, 4) is 0 Å². The Morgan fingerprint density at radius 2 is 2.08 bits per heavy atom. The van der Waals surface area contributed by atoms with Gasteiger partial charge in [0.25, 0.3) is 0 Å². The minimum atomic E-state index is -3.28. The second kappa shape index (κ2) is 3.42. The molecule has 6 heteroatoms. The Hall–Kier alpha value is -0.360. The molecular formula is C7H12O4S2. The van der Waals surface area contributed by atoms with Crippen molar-refractivity contribution in [1.82, 2.24) is 0 Å². The standard InChI is InChI=1S/C7H12O4S2/c1-2-4-13(10,11)7-3-5-12(8,9)6-7/h2,7H,1,3-6H2. The van der Waals surface area contributed by atoms with Crippen molar-refractivity contribution in [2.45, 2.75) is 11.7 Å². The molecule has 0 radical (unpaired) electrons. The van der Waals surface area contributed by atoms with E-state index in [0.717, 1.165) is 0 Å². The van der Waals surface area contributed by atoms with E-state index in [2.05, 4.69) is 6.58 Å². The Bertz CT molecular complexity index is 390. The van der Waals surface area contributed by atoms with Gasteiger partial charge in [0.15, 0.2) is 19.7 Å². The van der Waals surface area contributed by atoms with E-state index in [4.69, 9.17) is 0 Å². The molecule has 1 rings (SSSR count). The molecule has 76 valence electrons. The second-order valence-electron chi connectivity index (χ2n) is 3.14. The lowest BCUT2D eigenvalue weighted by molar-refractivity contribution is 0.585. The summed E-state index contributed by atoms with van der Waals surface area (Å²) in [6, 6.07) is 0. The Kier molecular flexibility index (Phi) is 2.82. The van der Waals surface area contributed by atoms with Crippen LogP contribution in [0, 0.1) is 0 Å². The van der Waals surface area contributed by atoms with E-state index >= 15 is 0 Å². The molecule has 0 saturated carbocycles. The average molecular weight is 224 g/mol. The molecule has 1 unspecified atom stereocenters. The van der Waals surface area contributed by atoms with E-state index in [-0.39, 0.29) is 23.7 Å². The van der Waals surface area contributed by atoms with Gasteiger partial charge in [0, 0.05) is 0 Å². The van der Waals surface area contributed by atoms with Gasteiger partial charge in [-0.05, 0) is 6.42 Å². The molecule has 1 aliphatic rings. The van der Waals surface area contributed by atoms with Crippen molar-refractivity contribution in [2.75, 3.05) is 17.3 Å². The molecule has 1 fully saturated rings. The zero-order valence-electron chi connectivity index (χ0n) is 7.14. The molecular weight excluding hydrogens is 212 g/mol. The summed E-state index contributed by atoms with van der Waals surface area (Å²) in [5, 5.41) is -0.713. The van der Waals surface area contributed by atoms with Gasteiger partial charge in [-0.3, -0.25) is 0 Å². The van der Waals surface area contributed by atoms with Crippen LogP contribution in [0.25, 0.3) is 0 Å². The molecule has 4 nitrogen and oxygen atoms in total. The topological polar surface area (TPSA) is 68.3 Å². The molecule has 1 atom stereocenters. The third-order valence-corrected chi connectivity index (χ3v) is 6.15. The molecule has 0 aromatic carbocycles. The van der Waals surface area contributed by atoms with E-state index in [1.54, 1.807) is 0 Å². The van der Waals surface area contributed by atoms with Crippen LogP contribution < -0.4 is 0 Å². The van der Waals surface area contributed by atoms with E-state index < -0.39 is 24.9 Å². The predicted octanol–water partition coefficient (Wildman–Crippen LogP) is -0.226. The van der Waals surface area contributed by atoms with Crippen LogP contribution in [-0.2, 0) is 19.7 Å². The molecule has 0 aromatic rings. The molecule has 1 heterocycles. The summed E-state index contributed by atoms with van der Waals surface area (Å²) in [5.41, 5.74) is 0. The molecule has 0 aromatic heterocycles. The summed E-state index contributed by atoms with van der Waals surface area (Å²) in [5.74, 6) is -0.357. The Balaban J connectivity index is 2.83. The van der Waals surface area contributed by atoms with Crippen molar-refractivity contribution in [3.05, 3.63) is 12.7 Å². The molecule has 1 aliphatic heterocycles. The molecule has 0 amide bonds. The Morgan fingerprint density at radius 3 is 2.46 bits per heavy atom. The zero-order valence-corrected chi connectivity index (χ0v) is 8.77. The fourth-order valence-electron chi connectivity index (χ4n) is 1.34. The Morgan fingerprint density at radius 1 is 1.46 bits per heavy atom. The van der Waals surface area contributed by atoms with Crippen LogP contribution in [0.3, 0.4) is 0 Å². The van der Waals surface area contributed by atoms with Crippen LogP contribution in [0.2, 0.25) is 0 Å². The highest BCUT2D eigenvalue weighted by Gasteiger charge is 2.36. The van der Waals surface area contributed by atoms with Crippen LogP contribution in [0.5, 0.6) is 0 Å². The summed E-state index contributed by atoms with van der Waals surface area (Å²) in [6.45, 7) is 3.33. The largest absolute Gasteiger partial charge is 0.229 e. The van der Waals surface area contributed by atoms with Gasteiger partial charge in [-0.15, -0.1) is 6.58 Å². The first-order chi connectivity index (χ1) is 5.87. The smallest absolute Gasteiger partial charge is 0.157 e. The van der Waals surface area contributed by atoms with E-state index in [9.17, 15) is 16.8 Å². The van der Waals surface area contributed by atoms with Gasteiger partial charge in [-0.1, -0.05) is 6.08 Å². The number of rotatable bonds is 3. The summed E-state index contributed by atoms with van der Waals surface area (Å²) < 4.78 is 44.8. The van der Waals surface area contributed by atoms with Crippen molar-refractivity contribution >= 4 is 19.7 Å². The lowest BCUT2D eigenvalue weighted by atomic mass is 10.4. The highest BCUT2D eigenvalue weighted by Crippen LogP contribution is 2.19. The maximum absolute atomic E-state index is 11.4. The van der Waals surface area contributed by atoms with Crippen LogP contribution in [0.4, 0.5) is 0 Å². The molecule has 0 aliphatic carbocycles. The first kappa shape index (κ1) is 10.7. The lowest BCUT2D eigenvalue weighted by Gasteiger charge is -2.06. The van der Waals surface area contributed by atoms with Crippen molar-refractivity contribution in [2.24, 2.45) is 0 Å². The lowest BCUT2D eigenvalue weighted by Crippen LogP contribution is -2.24. The number of hydrogen-bond acceptors (Lipinski definition) is 4. The minimum absolute atomic E-state index is 0.00591. The SMILES string of the molecule is C=CCS(=O)(=O)C1CCS(=O)(=O)C1. The molecule has 1 saturated heterocycles. The highest BCUT2D eigenvalue weighted by molar-refractivity contribution is 7.96. The van der Waals surface area contributed by atoms with Gasteiger partial charge in [0.05, 0.1) is 22.5 Å². The van der Waals surface area contributed by atoms with Crippen molar-refractivity contribution in [1.29, 1.82) is 0 Å². The normalized spacial score (nSPS) is 27.2. The maximum atomic E-state index is 11.4. The quantitative estimate of drug-likeness (QED) is 0.621. The van der Waals surface area contributed by atoms with Gasteiger partial charge in [-0.25, -0.2) is 16.8 Å². The fourth-order valence-corrected chi connectivity index (χ4v) is 5.57. The average Bonchev–Trinajstić information content (AvgIpc) is 2.30. The summed E-state index contributed by atoms with van der Waals surface area (Å²) in [4.78, 5) is 0. The predicted molar refractivity (Wildman–Crippen MR) is 51.0 cm³/mol. The van der Waals surface area contributed by atoms with Gasteiger partial charge >= 0.3 is 0 Å². The first-order valence-electron chi connectivity index (χ1n) is 3.90. The maximum Gasteiger partial charge on any atom is 0.157 e. The van der Waals surface area contributed by atoms with Gasteiger partial charge < -0.3 is 0 Å². The fraction of sp³-hybridized carbons (Fsp3) is 0.714. The van der Waals surface area contributed by atoms with Crippen LogP contribution in [-0.4, -0.2) is 39.3 Å². The minimum Gasteiger partial charge on any atom is -0.229 e. The van der Waals surface area contributed by atoms with E-state index in [1.807, 2.05) is 0 Å². The number of sulfone groups is 2. The van der Waals surface area contributed by atoms with Gasteiger partial charge in [0.1, 0.15) is 0 Å². The zero-order chi connectivity index (χ0) is 10.1. The summed E-state index contributed by atoms with van der Waals surface area (Å²) >= 11 is 0. The van der Waals surface area contributed by atoms with Crippen molar-refractivity contribution in [3.63, 3.8) is 0 Å². The van der Waals surface area contributed by atoms with Gasteiger partial charge in [-0.2, -0.15) is 0 Å². The van der Waals surface area contributed by atoms with E-state index in [0.29, 0.717) is 0 Å². The third kappa shape index (κ3) is 2.54. The van der Waals surface area contributed by atoms with Gasteiger partial charge in [0.2, 0.25) is 0 Å². The molecule has 0 N–H and O–H groups in total. The van der Waals surface area contributed by atoms with Crippen LogP contribution in [0.15, 0.2) is 12.7 Å². The summed E-state index contributed by atoms with van der Waals surface area (Å²) in [7, 11) is -6.39. The summed E-state index contributed by atoms with van der Waals surface area (Å²) in [6.07, 6.45) is 1.53.